The zero-order chi connectivity index (χ0) is 13.8. The van der Waals surface area contributed by atoms with Gasteiger partial charge in [0.2, 0.25) is 0 Å². The zero-order valence-corrected chi connectivity index (χ0v) is 12.0. The number of anilines is 1. The Labute approximate surface area is 113 Å². The van der Waals surface area contributed by atoms with Crippen molar-refractivity contribution in [3.05, 3.63) is 12.2 Å². The fourth-order valence-electron chi connectivity index (χ4n) is 2.18. The van der Waals surface area contributed by atoms with Crippen LogP contribution < -0.4 is 5.73 Å². The lowest BCUT2D eigenvalue weighted by atomic mass is 9.88. The molecule has 1 atom stereocenters. The monoisotopic (exact) mass is 259 g/mol. The topological polar surface area (TPSA) is 69.6 Å². The van der Waals surface area contributed by atoms with E-state index in [0.29, 0.717) is 17.8 Å². The lowest BCUT2D eigenvalue weighted by Gasteiger charge is -2.28. The molecule has 0 amide bonds. The molecule has 0 radical (unpaired) electrons. The summed E-state index contributed by atoms with van der Waals surface area (Å²) in [5.74, 6) is 1.89. The number of aromatic nitrogens is 4. The molecule has 0 bridgehead atoms. The molecule has 2 aromatic heterocycles. The maximum atomic E-state index is 6.02. The minimum atomic E-state index is 0.146. The van der Waals surface area contributed by atoms with Gasteiger partial charge in [0.15, 0.2) is 11.5 Å². The fourth-order valence-corrected chi connectivity index (χ4v) is 2.18. The predicted octanol–water partition coefficient (Wildman–Crippen LogP) is 2.89. The van der Waals surface area contributed by atoms with E-state index < -0.39 is 0 Å². The van der Waals surface area contributed by atoms with Crippen LogP contribution in [-0.4, -0.2) is 19.5 Å². The maximum absolute atomic E-state index is 6.02. The van der Waals surface area contributed by atoms with Crippen molar-refractivity contribution in [1.82, 2.24) is 19.5 Å². The highest BCUT2D eigenvalue weighted by molar-refractivity contribution is 5.81. The Hall–Kier alpha value is -1.65. The zero-order valence-electron chi connectivity index (χ0n) is 12.0. The van der Waals surface area contributed by atoms with Crippen LogP contribution in [0.2, 0.25) is 0 Å². The molecule has 1 aliphatic rings. The largest absolute Gasteiger partial charge is 0.382 e. The summed E-state index contributed by atoms with van der Waals surface area (Å²) in [6.07, 6.45) is 4.18. The molecule has 0 aliphatic heterocycles. The number of imidazole rings is 1. The highest BCUT2D eigenvalue weighted by Gasteiger charge is 2.29. The van der Waals surface area contributed by atoms with Gasteiger partial charge in [0.1, 0.15) is 11.3 Å². The molecule has 102 valence electrons. The molecule has 3 rings (SSSR count). The summed E-state index contributed by atoms with van der Waals surface area (Å²) in [6.45, 7) is 8.85. The van der Waals surface area contributed by atoms with Crippen LogP contribution in [0.5, 0.6) is 0 Å². The first-order valence-electron chi connectivity index (χ1n) is 6.88. The quantitative estimate of drug-likeness (QED) is 0.900. The highest BCUT2D eigenvalue weighted by Crippen LogP contribution is 2.39. The lowest BCUT2D eigenvalue weighted by Crippen LogP contribution is -2.21. The maximum Gasteiger partial charge on any atom is 0.166 e. The number of hydrogen-bond donors (Lipinski definition) is 1. The molecule has 19 heavy (non-hydrogen) atoms. The molecule has 1 aliphatic carbocycles. The van der Waals surface area contributed by atoms with Crippen molar-refractivity contribution in [3.8, 4) is 0 Å². The van der Waals surface area contributed by atoms with E-state index in [1.807, 2.05) is 6.33 Å². The van der Waals surface area contributed by atoms with Crippen molar-refractivity contribution in [2.45, 2.75) is 52.5 Å². The van der Waals surface area contributed by atoms with Gasteiger partial charge in [0, 0.05) is 12.0 Å². The minimum absolute atomic E-state index is 0.146. The highest BCUT2D eigenvalue weighted by atomic mass is 15.2. The van der Waals surface area contributed by atoms with Crippen molar-refractivity contribution in [3.63, 3.8) is 0 Å². The van der Waals surface area contributed by atoms with E-state index in [0.717, 1.165) is 17.0 Å². The molecule has 2 heterocycles. The molecule has 5 nitrogen and oxygen atoms in total. The van der Waals surface area contributed by atoms with Crippen LogP contribution >= 0.6 is 0 Å². The molecule has 0 aromatic carbocycles. The van der Waals surface area contributed by atoms with Crippen molar-refractivity contribution < 1.29 is 0 Å². The Morgan fingerprint density at radius 2 is 2.00 bits per heavy atom. The molecule has 0 spiro atoms. The second-order valence-electron chi connectivity index (χ2n) is 6.61. The van der Waals surface area contributed by atoms with E-state index in [-0.39, 0.29) is 5.41 Å². The van der Waals surface area contributed by atoms with Gasteiger partial charge < -0.3 is 10.3 Å². The van der Waals surface area contributed by atoms with Crippen molar-refractivity contribution in [1.29, 1.82) is 0 Å². The summed E-state index contributed by atoms with van der Waals surface area (Å²) in [5.41, 5.74) is 7.76. The van der Waals surface area contributed by atoms with E-state index in [9.17, 15) is 0 Å². The summed E-state index contributed by atoms with van der Waals surface area (Å²) >= 11 is 0. The molecule has 1 saturated carbocycles. The van der Waals surface area contributed by atoms with Gasteiger partial charge in [-0.3, -0.25) is 0 Å². The summed E-state index contributed by atoms with van der Waals surface area (Å²) in [7, 11) is 0. The summed E-state index contributed by atoms with van der Waals surface area (Å²) in [6, 6.07) is 0.304. The smallest absolute Gasteiger partial charge is 0.166 e. The number of fused-ring (bicyclic) bond motifs is 1. The second kappa shape index (κ2) is 3.92. The summed E-state index contributed by atoms with van der Waals surface area (Å²) in [5, 5.41) is 0. The van der Waals surface area contributed by atoms with Crippen LogP contribution in [0, 0.1) is 5.41 Å². The molecular formula is C14H21N5. The minimum Gasteiger partial charge on any atom is -0.382 e. The third kappa shape index (κ3) is 2.07. The Morgan fingerprint density at radius 1 is 1.32 bits per heavy atom. The van der Waals surface area contributed by atoms with Crippen molar-refractivity contribution in [2.24, 2.45) is 5.41 Å². The van der Waals surface area contributed by atoms with Crippen LogP contribution in [0.1, 0.15) is 58.3 Å². The number of nitrogens with two attached hydrogens (primary N) is 1. The molecule has 2 aromatic rings. The van der Waals surface area contributed by atoms with E-state index in [1.165, 1.54) is 12.8 Å². The van der Waals surface area contributed by atoms with E-state index in [2.05, 4.69) is 42.2 Å². The average Bonchev–Trinajstić information content (AvgIpc) is 3.07. The third-order valence-electron chi connectivity index (χ3n) is 4.08. The molecule has 1 fully saturated rings. The molecule has 5 heteroatoms. The number of nitrogens with zero attached hydrogens (tertiary/aromatic N) is 4. The first-order chi connectivity index (χ1) is 8.88. The number of nitrogen functional groups attached to an aromatic ring is 1. The van der Waals surface area contributed by atoms with Gasteiger partial charge in [-0.05, 0) is 25.2 Å². The Balaban J connectivity index is 2.15. The average molecular weight is 259 g/mol. The van der Waals surface area contributed by atoms with Crippen molar-refractivity contribution >= 4 is 17.0 Å². The van der Waals surface area contributed by atoms with Gasteiger partial charge in [-0.1, -0.05) is 20.8 Å². The molecule has 2 N–H and O–H groups in total. The third-order valence-corrected chi connectivity index (χ3v) is 4.08. The van der Waals surface area contributed by atoms with E-state index in [1.54, 1.807) is 0 Å². The van der Waals surface area contributed by atoms with Crippen molar-refractivity contribution in [2.75, 3.05) is 5.73 Å². The second-order valence-corrected chi connectivity index (χ2v) is 6.61. The lowest BCUT2D eigenvalue weighted by molar-refractivity contribution is 0.266. The van der Waals surface area contributed by atoms with Gasteiger partial charge in [-0.25, -0.2) is 15.0 Å². The van der Waals surface area contributed by atoms with Gasteiger partial charge in [-0.2, -0.15) is 0 Å². The van der Waals surface area contributed by atoms with Gasteiger partial charge in [-0.15, -0.1) is 0 Å². The Kier molecular flexibility index (Phi) is 2.56. The molecule has 0 unspecified atom stereocenters. The fraction of sp³-hybridized carbons (Fsp3) is 0.643. The molecule has 0 saturated heterocycles. The van der Waals surface area contributed by atoms with Gasteiger partial charge in [0.25, 0.3) is 0 Å². The van der Waals surface area contributed by atoms with Crippen LogP contribution in [0.4, 0.5) is 5.82 Å². The summed E-state index contributed by atoms with van der Waals surface area (Å²) in [4.78, 5) is 13.5. The SMILES string of the molecule is C[C@H](n1cnc2c(N)nc(C3CC3)nc21)C(C)(C)C. The first kappa shape index (κ1) is 12.4. The predicted molar refractivity (Wildman–Crippen MR) is 75.9 cm³/mol. The first-order valence-corrected chi connectivity index (χ1v) is 6.88. The Morgan fingerprint density at radius 3 is 2.58 bits per heavy atom. The number of hydrogen-bond acceptors (Lipinski definition) is 4. The standard InChI is InChI=1S/C14H21N5/c1-8(14(2,3)4)19-7-16-10-11(15)17-12(9-5-6-9)18-13(10)19/h7-9H,5-6H2,1-4H3,(H2,15,17,18)/t8-/m0/s1. The van der Waals surface area contributed by atoms with Crippen LogP contribution in [0.15, 0.2) is 6.33 Å². The van der Waals surface area contributed by atoms with Gasteiger partial charge in [0.05, 0.1) is 6.33 Å². The number of rotatable bonds is 2. The van der Waals surface area contributed by atoms with Crippen LogP contribution in [0.25, 0.3) is 11.2 Å². The van der Waals surface area contributed by atoms with Crippen LogP contribution in [0.3, 0.4) is 0 Å². The summed E-state index contributed by atoms with van der Waals surface area (Å²) < 4.78 is 2.12. The molecular weight excluding hydrogens is 238 g/mol. The van der Waals surface area contributed by atoms with E-state index in [4.69, 9.17) is 10.7 Å². The van der Waals surface area contributed by atoms with Gasteiger partial charge >= 0.3 is 0 Å². The van der Waals surface area contributed by atoms with Crippen LogP contribution in [-0.2, 0) is 0 Å². The van der Waals surface area contributed by atoms with E-state index >= 15 is 0 Å². The normalized spacial score (nSPS) is 17.9. The Bertz CT molecular complexity index is 619.